The molecular formula is C16H14ClN5O3S2. The number of rotatable bonds is 5. The summed E-state index contributed by atoms with van der Waals surface area (Å²) in [5.41, 5.74) is 6.46. The van der Waals surface area contributed by atoms with Crippen LogP contribution in [-0.2, 0) is 10.0 Å². The van der Waals surface area contributed by atoms with Crippen molar-refractivity contribution < 1.29 is 13.2 Å². The average Bonchev–Trinajstić information content (AvgIpc) is 2.97. The van der Waals surface area contributed by atoms with Crippen molar-refractivity contribution >= 4 is 49.8 Å². The van der Waals surface area contributed by atoms with Gasteiger partial charge in [0.1, 0.15) is 0 Å². The Labute approximate surface area is 164 Å². The zero-order valence-electron chi connectivity index (χ0n) is 13.9. The van der Waals surface area contributed by atoms with Crippen molar-refractivity contribution in [3.8, 4) is 10.4 Å². The van der Waals surface area contributed by atoms with Gasteiger partial charge in [-0.2, -0.15) is 0 Å². The minimum atomic E-state index is -3.82. The molecule has 0 aliphatic rings. The molecule has 4 N–H and O–H groups in total. The average molecular weight is 424 g/mol. The van der Waals surface area contributed by atoms with Crippen LogP contribution in [0, 0.1) is 6.92 Å². The van der Waals surface area contributed by atoms with Crippen LogP contribution in [0.1, 0.15) is 5.69 Å². The third-order valence-corrected chi connectivity index (χ3v) is 6.23. The lowest BCUT2D eigenvalue weighted by Gasteiger charge is -2.10. The number of aryl methyl sites for hydroxylation is 1. The van der Waals surface area contributed by atoms with Gasteiger partial charge in [-0.15, -0.1) is 0 Å². The van der Waals surface area contributed by atoms with Gasteiger partial charge in [0, 0.05) is 11.8 Å². The first kappa shape index (κ1) is 19.1. The summed E-state index contributed by atoms with van der Waals surface area (Å²) in [6.07, 6.45) is 1.50. The number of nitrogens with zero attached hydrogens (tertiary/aromatic N) is 2. The number of sulfonamides is 1. The van der Waals surface area contributed by atoms with Gasteiger partial charge in [-0.25, -0.2) is 23.2 Å². The molecule has 0 atom stereocenters. The van der Waals surface area contributed by atoms with Gasteiger partial charge in [0.2, 0.25) is 0 Å². The predicted molar refractivity (Wildman–Crippen MR) is 106 cm³/mol. The van der Waals surface area contributed by atoms with Crippen LogP contribution in [-0.4, -0.2) is 24.4 Å². The van der Waals surface area contributed by atoms with Crippen molar-refractivity contribution in [2.45, 2.75) is 11.8 Å². The maximum atomic E-state index is 12.5. The van der Waals surface area contributed by atoms with Crippen LogP contribution < -0.4 is 15.8 Å². The van der Waals surface area contributed by atoms with Crippen molar-refractivity contribution in [1.29, 1.82) is 0 Å². The topological polar surface area (TPSA) is 127 Å². The lowest BCUT2D eigenvalue weighted by molar-refractivity contribution is 0.259. The lowest BCUT2D eigenvalue weighted by atomic mass is 10.2. The van der Waals surface area contributed by atoms with E-state index in [1.54, 1.807) is 31.2 Å². The number of nitrogens with one attached hydrogen (secondary N) is 2. The molecule has 2 heterocycles. The summed E-state index contributed by atoms with van der Waals surface area (Å²) in [4.78, 5) is 20.0. The highest BCUT2D eigenvalue weighted by atomic mass is 35.5. The summed E-state index contributed by atoms with van der Waals surface area (Å²) >= 11 is 7.25. The lowest BCUT2D eigenvalue weighted by Crippen LogP contribution is -2.18. The molecule has 2 aromatic heterocycles. The Balaban J connectivity index is 1.96. The van der Waals surface area contributed by atoms with Crippen LogP contribution in [0.5, 0.6) is 0 Å². The summed E-state index contributed by atoms with van der Waals surface area (Å²) in [5, 5.41) is 2.75. The first-order valence-corrected chi connectivity index (χ1v) is 10.2. The van der Waals surface area contributed by atoms with E-state index in [2.05, 4.69) is 20.0 Å². The zero-order chi connectivity index (χ0) is 19.6. The quantitative estimate of drug-likeness (QED) is 0.541. The predicted octanol–water partition coefficient (Wildman–Crippen LogP) is 3.46. The number of benzene rings is 1. The number of urea groups is 1. The van der Waals surface area contributed by atoms with Gasteiger partial charge in [0.05, 0.1) is 21.2 Å². The van der Waals surface area contributed by atoms with E-state index in [-0.39, 0.29) is 15.7 Å². The molecule has 0 aliphatic heterocycles. The molecule has 11 heteroatoms. The number of hydrogen-bond acceptors (Lipinski definition) is 6. The van der Waals surface area contributed by atoms with Gasteiger partial charge in [0.15, 0.2) is 10.3 Å². The number of pyridine rings is 1. The Morgan fingerprint density at radius 1 is 1.26 bits per heavy atom. The number of primary amides is 1. The maximum Gasteiger partial charge on any atom is 0.318 e. The monoisotopic (exact) mass is 423 g/mol. The highest BCUT2D eigenvalue weighted by Gasteiger charge is 2.18. The van der Waals surface area contributed by atoms with Crippen LogP contribution >= 0.6 is 22.9 Å². The van der Waals surface area contributed by atoms with Crippen LogP contribution in [0.4, 0.5) is 15.6 Å². The molecule has 0 bridgehead atoms. The summed E-state index contributed by atoms with van der Waals surface area (Å²) in [6.45, 7) is 1.75. The number of carbonyl (C=O) groups is 1. The van der Waals surface area contributed by atoms with Crippen LogP contribution in [0.2, 0.25) is 5.15 Å². The van der Waals surface area contributed by atoms with E-state index < -0.39 is 16.1 Å². The molecule has 2 amide bonds. The highest BCUT2D eigenvalue weighted by molar-refractivity contribution is 7.92. The summed E-state index contributed by atoms with van der Waals surface area (Å²) in [7, 11) is -3.82. The number of hydrogen-bond donors (Lipinski definition) is 3. The van der Waals surface area contributed by atoms with Crippen LogP contribution in [0.25, 0.3) is 10.4 Å². The van der Waals surface area contributed by atoms with Crippen molar-refractivity contribution in [3.05, 3.63) is 53.4 Å². The third-order valence-electron chi connectivity index (χ3n) is 3.43. The minimum Gasteiger partial charge on any atom is -0.351 e. The molecular weight excluding hydrogens is 410 g/mol. The fourth-order valence-electron chi connectivity index (χ4n) is 2.27. The summed E-state index contributed by atoms with van der Waals surface area (Å²) in [6, 6.07) is 8.76. The number of anilines is 2. The molecule has 0 fully saturated rings. The van der Waals surface area contributed by atoms with Gasteiger partial charge >= 0.3 is 6.03 Å². The molecule has 0 radical (unpaired) electrons. The third kappa shape index (κ3) is 4.35. The fraction of sp³-hybridized carbons (Fsp3) is 0.0625. The Hall–Kier alpha value is -2.69. The molecule has 0 saturated carbocycles. The molecule has 27 heavy (non-hydrogen) atoms. The molecule has 0 unspecified atom stereocenters. The number of amides is 2. The summed E-state index contributed by atoms with van der Waals surface area (Å²) < 4.78 is 27.5. The van der Waals surface area contributed by atoms with Gasteiger partial charge < -0.3 is 5.73 Å². The molecule has 3 aromatic rings. The second kappa shape index (κ2) is 7.51. The van der Waals surface area contributed by atoms with Crippen molar-refractivity contribution in [1.82, 2.24) is 9.97 Å². The van der Waals surface area contributed by atoms with Gasteiger partial charge in [-0.05, 0) is 25.1 Å². The number of nitrogens with two attached hydrogens (primary N) is 1. The Morgan fingerprint density at radius 2 is 1.96 bits per heavy atom. The number of aromatic nitrogens is 2. The van der Waals surface area contributed by atoms with E-state index in [1.807, 2.05) is 0 Å². The molecule has 0 aliphatic carbocycles. The molecule has 0 saturated heterocycles. The van der Waals surface area contributed by atoms with E-state index in [0.29, 0.717) is 21.3 Å². The Kier molecular flexibility index (Phi) is 5.31. The minimum absolute atomic E-state index is 0.0101. The largest absolute Gasteiger partial charge is 0.351 e. The molecule has 0 spiro atoms. The number of carbonyl (C=O) groups excluding carboxylic acids is 1. The second-order valence-electron chi connectivity index (χ2n) is 5.40. The molecule has 1 aromatic carbocycles. The van der Waals surface area contributed by atoms with E-state index >= 15 is 0 Å². The molecule has 8 nitrogen and oxygen atoms in total. The van der Waals surface area contributed by atoms with Gasteiger partial charge in [0.25, 0.3) is 10.0 Å². The smallest absolute Gasteiger partial charge is 0.318 e. The Bertz CT molecular complexity index is 1100. The standard InChI is InChI=1S/C16H14ClN5O3S2/c1-9-13(26-16(20-9)21-15(18)23)10-7-12(14(17)19-8-10)22-27(24,25)11-5-3-2-4-6-11/h2-8,22H,1H3,(H3,18,20,21,23). The Morgan fingerprint density at radius 3 is 2.63 bits per heavy atom. The highest BCUT2D eigenvalue weighted by Crippen LogP contribution is 2.35. The summed E-state index contributed by atoms with van der Waals surface area (Å²) in [5.74, 6) is 0. The fourth-order valence-corrected chi connectivity index (χ4v) is 4.51. The van der Waals surface area contributed by atoms with E-state index in [4.69, 9.17) is 17.3 Å². The van der Waals surface area contributed by atoms with Gasteiger partial charge in [-0.1, -0.05) is 41.1 Å². The number of thiazole rings is 1. The van der Waals surface area contributed by atoms with Crippen LogP contribution in [0.3, 0.4) is 0 Å². The number of halogens is 1. The first-order valence-electron chi connectivity index (χ1n) is 7.54. The van der Waals surface area contributed by atoms with Crippen molar-refractivity contribution in [2.75, 3.05) is 10.0 Å². The van der Waals surface area contributed by atoms with E-state index in [0.717, 1.165) is 0 Å². The van der Waals surface area contributed by atoms with Crippen molar-refractivity contribution in [2.24, 2.45) is 5.73 Å². The molecule has 140 valence electrons. The van der Waals surface area contributed by atoms with Gasteiger partial charge in [-0.3, -0.25) is 10.0 Å². The van der Waals surface area contributed by atoms with Crippen molar-refractivity contribution in [3.63, 3.8) is 0 Å². The first-order chi connectivity index (χ1) is 12.8. The second-order valence-corrected chi connectivity index (χ2v) is 8.44. The van der Waals surface area contributed by atoms with E-state index in [1.165, 1.54) is 29.7 Å². The van der Waals surface area contributed by atoms with Crippen LogP contribution in [0.15, 0.2) is 47.5 Å². The van der Waals surface area contributed by atoms with E-state index in [9.17, 15) is 13.2 Å². The zero-order valence-corrected chi connectivity index (χ0v) is 16.3. The maximum absolute atomic E-state index is 12.5. The molecule has 3 rings (SSSR count). The normalized spacial score (nSPS) is 11.2. The SMILES string of the molecule is Cc1nc(NC(N)=O)sc1-c1cnc(Cl)c(NS(=O)(=O)c2ccccc2)c1.